The van der Waals surface area contributed by atoms with E-state index in [1.165, 1.54) is 0 Å². The van der Waals surface area contributed by atoms with Gasteiger partial charge in [-0.2, -0.15) is 0 Å². The second-order valence-electron chi connectivity index (χ2n) is 7.11. The Balaban J connectivity index is 1.37. The molecule has 3 aromatic rings. The van der Waals surface area contributed by atoms with Crippen molar-refractivity contribution < 1.29 is 14.3 Å². The number of amides is 2. The van der Waals surface area contributed by atoms with Gasteiger partial charge in [-0.3, -0.25) is 10.1 Å². The number of benzene rings is 3. The molecular weight excluding hydrogens is 364 g/mol. The Morgan fingerprint density at radius 3 is 2.03 bits per heavy atom. The number of nitrogens with one attached hydrogen (secondary N) is 1. The molecule has 1 aliphatic rings. The van der Waals surface area contributed by atoms with Crippen LogP contribution < -0.4 is 11.1 Å². The average molecular weight is 386 g/mol. The van der Waals surface area contributed by atoms with E-state index in [0.717, 1.165) is 27.8 Å². The second kappa shape index (κ2) is 8.29. The van der Waals surface area contributed by atoms with E-state index in [4.69, 9.17) is 10.5 Å². The summed E-state index contributed by atoms with van der Waals surface area (Å²) in [4.78, 5) is 24.4. The number of ether oxygens (including phenoxy) is 1. The lowest BCUT2D eigenvalue weighted by Crippen LogP contribution is -2.45. The van der Waals surface area contributed by atoms with Gasteiger partial charge in [-0.05, 0) is 34.2 Å². The molecular formula is C24H22N2O3. The molecule has 3 N–H and O–H groups in total. The van der Waals surface area contributed by atoms with Crippen LogP contribution in [0.25, 0.3) is 11.1 Å². The van der Waals surface area contributed by atoms with Crippen LogP contribution in [0.4, 0.5) is 4.79 Å². The van der Waals surface area contributed by atoms with Gasteiger partial charge in [-0.25, -0.2) is 4.79 Å². The second-order valence-corrected chi connectivity index (χ2v) is 7.11. The fraction of sp³-hybridized carbons (Fsp3) is 0.167. The van der Waals surface area contributed by atoms with Crippen LogP contribution in [0.5, 0.6) is 0 Å². The molecule has 0 heterocycles. The smallest absolute Gasteiger partial charge is 0.413 e. The van der Waals surface area contributed by atoms with Crippen LogP contribution in [0.3, 0.4) is 0 Å². The maximum absolute atomic E-state index is 12.2. The van der Waals surface area contributed by atoms with Crippen LogP contribution in [0.1, 0.15) is 22.6 Å². The highest BCUT2D eigenvalue weighted by Gasteiger charge is 2.29. The lowest BCUT2D eigenvalue weighted by atomic mass is 9.98. The van der Waals surface area contributed by atoms with Gasteiger partial charge in [-0.1, -0.05) is 78.9 Å². The first-order valence-corrected chi connectivity index (χ1v) is 9.59. The van der Waals surface area contributed by atoms with Crippen LogP contribution in [0.15, 0.2) is 78.9 Å². The van der Waals surface area contributed by atoms with Gasteiger partial charge in [0.15, 0.2) is 0 Å². The highest BCUT2D eigenvalue weighted by atomic mass is 16.5. The van der Waals surface area contributed by atoms with E-state index in [2.05, 4.69) is 17.4 Å². The Bertz CT molecular complexity index is 988. The first-order chi connectivity index (χ1) is 14.1. The third kappa shape index (κ3) is 4.05. The van der Waals surface area contributed by atoms with Gasteiger partial charge >= 0.3 is 6.09 Å². The standard InChI is InChI=1S/C24H22N2O3/c25-22(14-16-8-2-1-3-9-16)23(27)26-24(28)29-15-21-19-12-6-4-10-17(19)18-11-5-7-13-20(18)21/h1-13,21-22H,14-15,25H2,(H,26,27,28)/t22-/m0/s1. The largest absolute Gasteiger partial charge is 0.448 e. The van der Waals surface area contributed by atoms with Gasteiger partial charge in [0.05, 0.1) is 6.04 Å². The zero-order valence-electron chi connectivity index (χ0n) is 15.9. The lowest BCUT2D eigenvalue weighted by Gasteiger charge is -2.15. The van der Waals surface area contributed by atoms with Crippen molar-refractivity contribution in [1.82, 2.24) is 5.32 Å². The average Bonchev–Trinajstić information content (AvgIpc) is 3.07. The zero-order chi connectivity index (χ0) is 20.2. The molecule has 1 aliphatic carbocycles. The summed E-state index contributed by atoms with van der Waals surface area (Å²) in [5.41, 5.74) is 11.4. The van der Waals surface area contributed by atoms with E-state index in [9.17, 15) is 9.59 Å². The lowest BCUT2D eigenvalue weighted by molar-refractivity contribution is -0.121. The van der Waals surface area contributed by atoms with E-state index >= 15 is 0 Å². The fourth-order valence-corrected chi connectivity index (χ4v) is 3.79. The Kier molecular flexibility index (Phi) is 5.40. The van der Waals surface area contributed by atoms with Crippen LogP contribution in [-0.4, -0.2) is 24.6 Å². The normalized spacial score (nSPS) is 13.3. The number of alkyl carbamates (subject to hydrolysis) is 1. The highest BCUT2D eigenvalue weighted by molar-refractivity contribution is 5.95. The van der Waals surface area contributed by atoms with Crippen LogP contribution in [0, 0.1) is 0 Å². The number of nitrogens with two attached hydrogens (primary N) is 1. The van der Waals surface area contributed by atoms with Crippen LogP contribution in [0.2, 0.25) is 0 Å². The molecule has 0 bridgehead atoms. The van der Waals surface area contributed by atoms with E-state index in [1.54, 1.807) is 0 Å². The third-order valence-electron chi connectivity index (χ3n) is 5.20. The third-order valence-corrected chi connectivity index (χ3v) is 5.20. The van der Waals surface area contributed by atoms with E-state index < -0.39 is 18.0 Å². The Morgan fingerprint density at radius 2 is 1.41 bits per heavy atom. The predicted octanol–water partition coefficient (Wildman–Crippen LogP) is 3.62. The molecule has 29 heavy (non-hydrogen) atoms. The van der Waals surface area contributed by atoms with Crippen molar-refractivity contribution in [3.05, 3.63) is 95.6 Å². The van der Waals surface area contributed by atoms with Crippen molar-refractivity contribution >= 4 is 12.0 Å². The number of hydrogen-bond acceptors (Lipinski definition) is 4. The van der Waals surface area contributed by atoms with Crippen LogP contribution >= 0.6 is 0 Å². The minimum Gasteiger partial charge on any atom is -0.448 e. The van der Waals surface area contributed by atoms with Crippen molar-refractivity contribution in [2.75, 3.05) is 6.61 Å². The number of carbonyl (C=O) groups excluding carboxylic acids is 2. The minimum absolute atomic E-state index is 0.0544. The summed E-state index contributed by atoms with van der Waals surface area (Å²) in [5, 5.41) is 2.25. The van der Waals surface area contributed by atoms with Gasteiger partial charge in [0.25, 0.3) is 0 Å². The highest BCUT2D eigenvalue weighted by Crippen LogP contribution is 2.44. The summed E-state index contributed by atoms with van der Waals surface area (Å²) in [7, 11) is 0. The number of imide groups is 1. The molecule has 5 heteroatoms. The van der Waals surface area contributed by atoms with E-state index in [0.29, 0.717) is 6.42 Å². The van der Waals surface area contributed by atoms with Crippen LogP contribution in [-0.2, 0) is 16.0 Å². The summed E-state index contributed by atoms with van der Waals surface area (Å²) in [6.45, 7) is 0.154. The Morgan fingerprint density at radius 1 is 0.862 bits per heavy atom. The van der Waals surface area contributed by atoms with Gasteiger partial charge in [0.1, 0.15) is 6.61 Å². The monoisotopic (exact) mass is 386 g/mol. The van der Waals surface area contributed by atoms with Crippen molar-refractivity contribution in [2.45, 2.75) is 18.4 Å². The predicted molar refractivity (Wildman–Crippen MR) is 111 cm³/mol. The number of fused-ring (bicyclic) bond motifs is 3. The minimum atomic E-state index is -0.821. The molecule has 0 unspecified atom stereocenters. The maximum atomic E-state index is 12.2. The molecule has 0 spiro atoms. The van der Waals surface area contributed by atoms with E-state index in [-0.39, 0.29) is 12.5 Å². The van der Waals surface area contributed by atoms with E-state index in [1.807, 2.05) is 66.7 Å². The number of carbonyl (C=O) groups is 2. The summed E-state index contributed by atoms with van der Waals surface area (Å²) < 4.78 is 5.38. The summed E-state index contributed by atoms with van der Waals surface area (Å²) in [6.07, 6.45) is -0.427. The quantitative estimate of drug-likeness (QED) is 0.702. The zero-order valence-corrected chi connectivity index (χ0v) is 15.9. The van der Waals surface area contributed by atoms with Crippen molar-refractivity contribution in [3.63, 3.8) is 0 Å². The molecule has 146 valence electrons. The summed E-state index contributed by atoms with van der Waals surface area (Å²) in [5.74, 6) is -0.604. The maximum Gasteiger partial charge on any atom is 0.413 e. The molecule has 5 nitrogen and oxygen atoms in total. The van der Waals surface area contributed by atoms with Gasteiger partial charge in [0, 0.05) is 5.92 Å². The summed E-state index contributed by atoms with van der Waals surface area (Å²) in [6, 6.07) is 24.8. The van der Waals surface area contributed by atoms with Crippen molar-refractivity contribution in [1.29, 1.82) is 0 Å². The molecule has 0 fully saturated rings. The summed E-state index contributed by atoms with van der Waals surface area (Å²) >= 11 is 0. The van der Waals surface area contributed by atoms with Gasteiger partial charge in [-0.15, -0.1) is 0 Å². The first-order valence-electron chi connectivity index (χ1n) is 9.59. The molecule has 3 aromatic carbocycles. The number of hydrogen-bond donors (Lipinski definition) is 2. The molecule has 0 saturated carbocycles. The first kappa shape index (κ1) is 18.9. The number of rotatable bonds is 5. The Hall–Kier alpha value is -3.44. The van der Waals surface area contributed by atoms with Crippen molar-refractivity contribution in [2.24, 2.45) is 5.73 Å². The molecule has 2 amide bonds. The molecule has 0 aliphatic heterocycles. The van der Waals surface area contributed by atoms with Gasteiger partial charge < -0.3 is 10.5 Å². The molecule has 0 aromatic heterocycles. The SMILES string of the molecule is N[C@@H](Cc1ccccc1)C(=O)NC(=O)OCC1c2ccccc2-c2ccccc21. The van der Waals surface area contributed by atoms with Crippen molar-refractivity contribution in [3.8, 4) is 11.1 Å². The molecule has 4 rings (SSSR count). The Labute approximate surface area is 169 Å². The van der Waals surface area contributed by atoms with Gasteiger partial charge in [0.2, 0.25) is 5.91 Å². The molecule has 0 saturated heterocycles. The molecule has 1 atom stereocenters. The topological polar surface area (TPSA) is 81.4 Å². The fourth-order valence-electron chi connectivity index (χ4n) is 3.79. The molecule has 0 radical (unpaired) electrons.